The van der Waals surface area contributed by atoms with Crippen molar-refractivity contribution in [1.82, 2.24) is 25.0 Å². The largest absolute Gasteiger partial charge is 0.492 e. The number of piperazine rings is 1. The summed E-state index contributed by atoms with van der Waals surface area (Å²) >= 11 is 0. The molecular formula is C31H44N6O3. The van der Waals surface area contributed by atoms with Crippen molar-refractivity contribution >= 4 is 11.6 Å². The van der Waals surface area contributed by atoms with Crippen LogP contribution in [0, 0.1) is 0 Å². The quantitative estimate of drug-likeness (QED) is 0.512. The van der Waals surface area contributed by atoms with Gasteiger partial charge in [0.05, 0.1) is 24.9 Å². The summed E-state index contributed by atoms with van der Waals surface area (Å²) in [7, 11) is 0. The second-order valence-corrected chi connectivity index (χ2v) is 11.5. The van der Waals surface area contributed by atoms with Gasteiger partial charge < -0.3 is 29.5 Å². The summed E-state index contributed by atoms with van der Waals surface area (Å²) in [4.78, 5) is 27.2. The van der Waals surface area contributed by atoms with Gasteiger partial charge in [0.15, 0.2) is 0 Å². The molecule has 216 valence electrons. The highest BCUT2D eigenvalue weighted by Crippen LogP contribution is 2.35. The number of fused-ring (bicyclic) bond motifs is 2. The number of pyridine rings is 1. The van der Waals surface area contributed by atoms with Gasteiger partial charge in [-0.1, -0.05) is 19.1 Å². The molecule has 1 aromatic carbocycles. The fourth-order valence-electron chi connectivity index (χ4n) is 6.78. The minimum atomic E-state index is 0.0565. The molecule has 0 unspecified atom stereocenters. The van der Waals surface area contributed by atoms with Gasteiger partial charge in [0, 0.05) is 76.7 Å². The zero-order chi connectivity index (χ0) is 27.3. The highest BCUT2D eigenvalue weighted by atomic mass is 16.5. The van der Waals surface area contributed by atoms with Crippen molar-refractivity contribution in [1.29, 1.82) is 0 Å². The van der Waals surface area contributed by atoms with Crippen LogP contribution < -0.4 is 15.0 Å². The number of likely N-dealkylation sites (N-methyl/N-ethyl adjacent to an activating group) is 1. The van der Waals surface area contributed by atoms with E-state index in [0.717, 1.165) is 75.7 Å². The summed E-state index contributed by atoms with van der Waals surface area (Å²) in [5, 5.41) is 3.82. The zero-order valence-electron chi connectivity index (χ0n) is 23.9. The van der Waals surface area contributed by atoms with Crippen molar-refractivity contribution in [3.63, 3.8) is 0 Å². The summed E-state index contributed by atoms with van der Waals surface area (Å²) in [6.07, 6.45) is 4.90. The smallest absolute Gasteiger partial charge is 0.253 e. The lowest BCUT2D eigenvalue weighted by Crippen LogP contribution is -2.49. The Morgan fingerprint density at radius 1 is 1.07 bits per heavy atom. The summed E-state index contributed by atoms with van der Waals surface area (Å²) < 4.78 is 11.4. The molecular weight excluding hydrogens is 504 g/mol. The molecule has 9 nitrogen and oxygen atoms in total. The third-order valence-electron chi connectivity index (χ3n) is 9.05. The molecule has 6 rings (SSSR count). The lowest BCUT2D eigenvalue weighted by atomic mass is 9.92. The van der Waals surface area contributed by atoms with E-state index in [4.69, 9.17) is 14.5 Å². The van der Waals surface area contributed by atoms with E-state index in [-0.39, 0.29) is 18.6 Å². The molecule has 2 fully saturated rings. The number of aromatic nitrogens is 1. The van der Waals surface area contributed by atoms with E-state index in [0.29, 0.717) is 19.2 Å². The number of carbonyl (C=O) groups is 1. The number of anilines is 1. The molecule has 0 spiro atoms. The molecule has 1 aromatic heterocycles. The fourth-order valence-corrected chi connectivity index (χ4v) is 6.78. The standard InChI is InChI=1S/C31H44N6O3/c1-2-34-13-15-35(16-14-34)11-5-12-36(28-9-18-40-29-8-4-10-32-31(28)29)22-25-20-26-24(21-33-25)6-3-7-27(26)37-17-19-39-23-30(37)38/h3-4,6-8,10,25,28,33H,2,5,9,11-23H2,1H3/t25-,28+/m1/s1. The lowest BCUT2D eigenvalue weighted by Gasteiger charge is -2.40. The highest BCUT2D eigenvalue weighted by molar-refractivity contribution is 5.95. The Bertz CT molecular complexity index is 1150. The number of hydrogen-bond acceptors (Lipinski definition) is 8. The van der Waals surface area contributed by atoms with E-state index in [1.54, 1.807) is 0 Å². The number of morpholine rings is 1. The van der Waals surface area contributed by atoms with Crippen molar-refractivity contribution < 1.29 is 14.3 Å². The molecule has 1 amide bonds. The maximum Gasteiger partial charge on any atom is 0.253 e. The molecule has 2 atom stereocenters. The third-order valence-corrected chi connectivity index (χ3v) is 9.05. The monoisotopic (exact) mass is 548 g/mol. The van der Waals surface area contributed by atoms with Gasteiger partial charge in [-0.05, 0) is 55.3 Å². The Hall–Kier alpha value is -2.56. The molecule has 2 saturated heterocycles. The number of amides is 1. The third kappa shape index (κ3) is 6.19. The maximum absolute atomic E-state index is 12.7. The van der Waals surface area contributed by atoms with Crippen LogP contribution in [0.2, 0.25) is 0 Å². The van der Waals surface area contributed by atoms with Gasteiger partial charge in [0.1, 0.15) is 12.4 Å². The van der Waals surface area contributed by atoms with Crippen molar-refractivity contribution in [2.75, 3.05) is 83.6 Å². The summed E-state index contributed by atoms with van der Waals surface area (Å²) in [5.74, 6) is 0.982. The SMILES string of the molecule is CCN1CCN(CCCN(C[C@H]2Cc3c(cccc3N3CCOCC3=O)CN2)[C@H]2CCOc3cccnc32)CC1. The van der Waals surface area contributed by atoms with Crippen LogP contribution in [0.5, 0.6) is 5.75 Å². The molecule has 0 aliphatic carbocycles. The summed E-state index contributed by atoms with van der Waals surface area (Å²) in [5.41, 5.74) is 4.74. The molecule has 2 aromatic rings. The van der Waals surface area contributed by atoms with E-state index >= 15 is 0 Å². The fraction of sp³-hybridized carbons (Fsp3) is 0.613. The molecule has 40 heavy (non-hydrogen) atoms. The number of rotatable bonds is 9. The number of nitrogens with one attached hydrogen (secondary N) is 1. The Morgan fingerprint density at radius 2 is 1.95 bits per heavy atom. The molecule has 0 bridgehead atoms. The second-order valence-electron chi connectivity index (χ2n) is 11.5. The van der Waals surface area contributed by atoms with Gasteiger partial charge in [-0.2, -0.15) is 0 Å². The lowest BCUT2D eigenvalue weighted by molar-refractivity contribution is -0.125. The van der Waals surface area contributed by atoms with Crippen molar-refractivity contribution in [2.24, 2.45) is 0 Å². The van der Waals surface area contributed by atoms with E-state index < -0.39 is 0 Å². The average molecular weight is 549 g/mol. The summed E-state index contributed by atoms with van der Waals surface area (Å²) in [6, 6.07) is 11.0. The van der Waals surface area contributed by atoms with E-state index in [1.165, 1.54) is 37.3 Å². The van der Waals surface area contributed by atoms with Gasteiger partial charge in [-0.3, -0.25) is 14.7 Å². The number of carbonyl (C=O) groups excluding carboxylic acids is 1. The Balaban J connectivity index is 1.17. The van der Waals surface area contributed by atoms with Gasteiger partial charge in [0.25, 0.3) is 5.91 Å². The topological polar surface area (TPSA) is 73.4 Å². The molecule has 4 aliphatic rings. The number of hydrogen-bond donors (Lipinski definition) is 1. The molecule has 0 saturated carbocycles. The predicted octanol–water partition coefficient (Wildman–Crippen LogP) is 2.31. The average Bonchev–Trinajstić information content (AvgIpc) is 3.00. The molecule has 5 heterocycles. The van der Waals surface area contributed by atoms with Crippen molar-refractivity contribution in [3.8, 4) is 5.75 Å². The van der Waals surface area contributed by atoms with Gasteiger partial charge >= 0.3 is 0 Å². The van der Waals surface area contributed by atoms with Gasteiger partial charge in [-0.15, -0.1) is 0 Å². The normalized spacial score (nSPS) is 24.1. The van der Waals surface area contributed by atoms with Crippen LogP contribution in [0.25, 0.3) is 0 Å². The highest BCUT2D eigenvalue weighted by Gasteiger charge is 2.32. The Morgan fingerprint density at radius 3 is 2.80 bits per heavy atom. The van der Waals surface area contributed by atoms with E-state index in [1.807, 2.05) is 17.2 Å². The minimum Gasteiger partial charge on any atom is -0.492 e. The second kappa shape index (κ2) is 13.0. The van der Waals surface area contributed by atoms with Crippen LogP contribution in [-0.4, -0.2) is 110 Å². The number of nitrogens with zero attached hydrogens (tertiary/aromatic N) is 5. The van der Waals surface area contributed by atoms with Gasteiger partial charge in [-0.25, -0.2) is 0 Å². The van der Waals surface area contributed by atoms with Crippen LogP contribution in [-0.2, 0) is 22.5 Å². The van der Waals surface area contributed by atoms with Crippen LogP contribution in [0.3, 0.4) is 0 Å². The van der Waals surface area contributed by atoms with Crippen LogP contribution in [0.1, 0.15) is 42.6 Å². The van der Waals surface area contributed by atoms with Crippen LogP contribution in [0.15, 0.2) is 36.5 Å². The molecule has 9 heteroatoms. The molecule has 0 radical (unpaired) electrons. The first-order chi connectivity index (χ1) is 19.7. The van der Waals surface area contributed by atoms with E-state index in [9.17, 15) is 4.79 Å². The first-order valence-electron chi connectivity index (χ1n) is 15.2. The number of benzene rings is 1. The van der Waals surface area contributed by atoms with Crippen molar-refractivity contribution in [3.05, 3.63) is 53.3 Å². The Kier molecular flexibility index (Phi) is 8.94. The van der Waals surface area contributed by atoms with Gasteiger partial charge in [0.2, 0.25) is 0 Å². The van der Waals surface area contributed by atoms with E-state index in [2.05, 4.69) is 51.2 Å². The van der Waals surface area contributed by atoms with Crippen molar-refractivity contribution in [2.45, 2.75) is 44.8 Å². The molecule has 4 aliphatic heterocycles. The number of ether oxygens (including phenoxy) is 2. The van der Waals surface area contributed by atoms with Crippen LogP contribution >= 0.6 is 0 Å². The predicted molar refractivity (Wildman–Crippen MR) is 156 cm³/mol. The minimum absolute atomic E-state index is 0.0565. The molecule has 1 N–H and O–H groups in total. The summed E-state index contributed by atoms with van der Waals surface area (Å²) in [6.45, 7) is 14.1. The maximum atomic E-state index is 12.7. The van der Waals surface area contributed by atoms with Crippen LogP contribution in [0.4, 0.5) is 5.69 Å². The zero-order valence-corrected chi connectivity index (χ0v) is 23.9. The first kappa shape index (κ1) is 27.6. The first-order valence-corrected chi connectivity index (χ1v) is 15.2. The Labute approximate surface area is 238 Å².